The summed E-state index contributed by atoms with van der Waals surface area (Å²) in [6.07, 6.45) is 2.25. The predicted octanol–water partition coefficient (Wildman–Crippen LogP) is 5.85. The number of ketones is 1. The molecule has 0 spiro atoms. The Kier molecular flexibility index (Phi) is 8.47. The molecule has 198 valence electrons. The third-order valence-electron chi connectivity index (χ3n) is 6.83. The number of carbonyl (C=O) groups excluding carboxylic acids is 2. The molecule has 0 unspecified atom stereocenters. The molecule has 38 heavy (non-hydrogen) atoms. The van der Waals surface area contributed by atoms with Crippen LogP contribution < -0.4 is 5.32 Å². The molecule has 1 atom stereocenters. The van der Waals surface area contributed by atoms with Gasteiger partial charge in [0.2, 0.25) is 0 Å². The zero-order chi connectivity index (χ0) is 27.3. The number of ether oxygens (including phenoxy) is 1. The van der Waals surface area contributed by atoms with Gasteiger partial charge in [-0.2, -0.15) is 0 Å². The average Bonchev–Trinajstić information content (AvgIpc) is 3.22. The highest BCUT2D eigenvalue weighted by molar-refractivity contribution is 7.91. The van der Waals surface area contributed by atoms with Gasteiger partial charge in [0.1, 0.15) is 6.61 Å². The summed E-state index contributed by atoms with van der Waals surface area (Å²) in [7, 11) is -3.55. The van der Waals surface area contributed by atoms with E-state index in [4.69, 9.17) is 4.74 Å². The first-order valence-electron chi connectivity index (χ1n) is 12.8. The van der Waals surface area contributed by atoms with Crippen LogP contribution in [0.4, 0.5) is 4.79 Å². The molecule has 0 saturated carbocycles. The van der Waals surface area contributed by atoms with E-state index in [1.54, 1.807) is 30.3 Å². The highest BCUT2D eigenvalue weighted by atomic mass is 32.2. The summed E-state index contributed by atoms with van der Waals surface area (Å²) in [6, 6.07) is 22.4. The topological polar surface area (TPSA) is 89.5 Å². The van der Waals surface area contributed by atoms with Gasteiger partial charge in [-0.15, -0.1) is 0 Å². The summed E-state index contributed by atoms with van der Waals surface area (Å²) in [6.45, 7) is 5.92. The largest absolute Gasteiger partial charge is 0.449 e. The average molecular weight is 532 g/mol. The molecular formula is C31H33NO5S. The van der Waals surface area contributed by atoms with Gasteiger partial charge in [-0.1, -0.05) is 86.2 Å². The lowest BCUT2D eigenvalue weighted by Crippen LogP contribution is -2.38. The van der Waals surface area contributed by atoms with E-state index in [2.05, 4.69) is 29.6 Å². The lowest BCUT2D eigenvalue weighted by atomic mass is 9.98. The second kappa shape index (κ2) is 11.8. The summed E-state index contributed by atoms with van der Waals surface area (Å²) in [5.41, 5.74) is 5.54. The fourth-order valence-electron chi connectivity index (χ4n) is 4.61. The number of sulfone groups is 1. The summed E-state index contributed by atoms with van der Waals surface area (Å²) in [5, 5.41) is 2.83. The van der Waals surface area contributed by atoms with E-state index >= 15 is 0 Å². The fourth-order valence-corrected chi connectivity index (χ4v) is 5.86. The van der Waals surface area contributed by atoms with Crippen molar-refractivity contribution >= 4 is 21.7 Å². The molecule has 7 heteroatoms. The van der Waals surface area contributed by atoms with Crippen LogP contribution in [0.25, 0.3) is 11.1 Å². The molecule has 1 aliphatic carbocycles. The summed E-state index contributed by atoms with van der Waals surface area (Å²) in [4.78, 5) is 25.3. The lowest BCUT2D eigenvalue weighted by molar-refractivity contribution is -0.114. The van der Waals surface area contributed by atoms with Gasteiger partial charge < -0.3 is 10.1 Å². The molecule has 0 bridgehead atoms. The van der Waals surface area contributed by atoms with Crippen LogP contribution in [0.1, 0.15) is 42.9 Å². The predicted molar refractivity (Wildman–Crippen MR) is 149 cm³/mol. The maximum Gasteiger partial charge on any atom is 0.407 e. The van der Waals surface area contributed by atoms with Crippen molar-refractivity contribution in [1.29, 1.82) is 0 Å². The van der Waals surface area contributed by atoms with Gasteiger partial charge in [-0.3, -0.25) is 4.79 Å². The molecule has 6 nitrogen and oxygen atoms in total. The zero-order valence-corrected chi connectivity index (χ0v) is 22.7. The molecule has 0 fully saturated rings. The second-order valence-electron chi connectivity index (χ2n) is 9.95. The minimum atomic E-state index is -3.55. The highest BCUT2D eigenvalue weighted by Gasteiger charge is 2.29. The van der Waals surface area contributed by atoms with Crippen molar-refractivity contribution in [3.63, 3.8) is 0 Å². The molecule has 0 aromatic heterocycles. The number of hydrogen-bond donors (Lipinski definition) is 1. The fraction of sp³-hybridized carbons (Fsp3) is 0.290. The molecular weight excluding hydrogens is 498 g/mol. The van der Waals surface area contributed by atoms with Crippen LogP contribution >= 0.6 is 0 Å². The van der Waals surface area contributed by atoms with Crippen molar-refractivity contribution in [2.24, 2.45) is 5.92 Å². The van der Waals surface area contributed by atoms with Gasteiger partial charge in [0, 0.05) is 12.3 Å². The van der Waals surface area contributed by atoms with Gasteiger partial charge in [0.25, 0.3) is 0 Å². The molecule has 0 saturated heterocycles. The third-order valence-corrected chi connectivity index (χ3v) is 8.57. The summed E-state index contributed by atoms with van der Waals surface area (Å²) in [5.74, 6) is -0.638. The van der Waals surface area contributed by atoms with Crippen LogP contribution in [0.15, 0.2) is 89.8 Å². The zero-order valence-electron chi connectivity index (χ0n) is 21.9. The molecule has 1 N–H and O–H groups in total. The first-order valence-corrected chi connectivity index (χ1v) is 14.4. The van der Waals surface area contributed by atoms with E-state index in [9.17, 15) is 18.0 Å². The number of alkyl carbamates (subject to hydrolysis) is 1. The minimum absolute atomic E-state index is 0.00387. The van der Waals surface area contributed by atoms with Crippen molar-refractivity contribution in [3.8, 4) is 11.1 Å². The van der Waals surface area contributed by atoms with Crippen LogP contribution in [-0.4, -0.2) is 38.7 Å². The number of hydrogen-bond acceptors (Lipinski definition) is 5. The Bertz CT molecular complexity index is 1400. The maximum atomic E-state index is 12.7. The van der Waals surface area contributed by atoms with E-state index in [0.717, 1.165) is 27.8 Å². The highest BCUT2D eigenvalue weighted by Crippen LogP contribution is 2.44. The number of carbonyl (C=O) groups is 2. The monoisotopic (exact) mass is 531 g/mol. The summed E-state index contributed by atoms with van der Waals surface area (Å²) >= 11 is 0. The number of amides is 1. The Morgan fingerprint density at radius 2 is 1.50 bits per heavy atom. The Labute approximate surface area is 224 Å². The molecule has 0 heterocycles. The third kappa shape index (κ3) is 6.40. The molecule has 1 amide bonds. The molecule has 1 aliphatic rings. The van der Waals surface area contributed by atoms with Gasteiger partial charge >= 0.3 is 6.09 Å². The Morgan fingerprint density at radius 1 is 0.921 bits per heavy atom. The molecule has 0 radical (unpaired) electrons. The molecule has 3 aromatic rings. The number of fused-ring (bicyclic) bond motifs is 3. The van der Waals surface area contributed by atoms with E-state index in [1.807, 2.05) is 45.0 Å². The van der Waals surface area contributed by atoms with Gasteiger partial charge in [-0.25, -0.2) is 13.2 Å². The number of aryl methyl sites for hydroxylation is 1. The van der Waals surface area contributed by atoms with Gasteiger partial charge in [0.15, 0.2) is 15.6 Å². The molecule has 4 rings (SSSR count). The summed E-state index contributed by atoms with van der Waals surface area (Å²) < 4.78 is 30.7. The van der Waals surface area contributed by atoms with Crippen molar-refractivity contribution in [3.05, 3.63) is 102 Å². The van der Waals surface area contributed by atoms with Crippen LogP contribution in [0, 0.1) is 12.8 Å². The minimum Gasteiger partial charge on any atom is -0.449 e. The van der Waals surface area contributed by atoms with Crippen LogP contribution in [0.2, 0.25) is 0 Å². The SMILES string of the molecule is Cc1ccc(S(=O)(=O)CCC(=O)/C=C/[C@@H](NC(=O)OCC2c3ccccc3-c3ccccc32)C(C)C)cc1. The smallest absolute Gasteiger partial charge is 0.407 e. The molecule has 3 aromatic carbocycles. The van der Waals surface area contributed by atoms with Gasteiger partial charge in [0.05, 0.1) is 16.7 Å². The Hall–Kier alpha value is -3.71. The van der Waals surface area contributed by atoms with Crippen molar-refractivity contribution in [2.75, 3.05) is 12.4 Å². The number of rotatable bonds is 10. The first kappa shape index (κ1) is 27.3. The van der Waals surface area contributed by atoms with E-state index in [0.29, 0.717) is 0 Å². The Balaban J connectivity index is 1.32. The van der Waals surface area contributed by atoms with E-state index in [-0.39, 0.29) is 41.3 Å². The number of nitrogens with one attached hydrogen (secondary N) is 1. The number of allylic oxidation sites excluding steroid dienone is 1. The quantitative estimate of drug-likeness (QED) is 0.332. The van der Waals surface area contributed by atoms with Crippen molar-refractivity contribution in [2.45, 2.75) is 44.0 Å². The first-order chi connectivity index (χ1) is 18.2. The van der Waals surface area contributed by atoms with Crippen molar-refractivity contribution < 1.29 is 22.7 Å². The standard InChI is InChI=1S/C31H33NO5S/c1-21(2)30(17-14-23(33)18-19-38(35,36)24-15-12-22(3)13-16-24)32-31(34)37-20-29-27-10-6-4-8-25(27)26-9-5-7-11-28(26)29/h4-17,21,29-30H,18-20H2,1-3H3,(H,32,34)/b17-14+/t30-/m1/s1. The van der Waals surface area contributed by atoms with Crippen molar-refractivity contribution in [1.82, 2.24) is 5.32 Å². The molecule has 0 aliphatic heterocycles. The van der Waals surface area contributed by atoms with E-state index in [1.165, 1.54) is 6.08 Å². The van der Waals surface area contributed by atoms with Crippen LogP contribution in [0.3, 0.4) is 0 Å². The second-order valence-corrected chi connectivity index (χ2v) is 12.1. The Morgan fingerprint density at radius 3 is 2.08 bits per heavy atom. The van der Waals surface area contributed by atoms with Gasteiger partial charge in [-0.05, 0) is 53.3 Å². The maximum absolute atomic E-state index is 12.7. The lowest BCUT2D eigenvalue weighted by Gasteiger charge is -2.20. The van der Waals surface area contributed by atoms with Crippen LogP contribution in [0.5, 0.6) is 0 Å². The number of benzene rings is 3. The normalized spacial score (nSPS) is 13.8. The van der Waals surface area contributed by atoms with Crippen LogP contribution in [-0.2, 0) is 19.4 Å². The van der Waals surface area contributed by atoms with E-state index < -0.39 is 22.0 Å².